The Kier molecular flexibility index (Phi) is 8.05. The van der Waals surface area contributed by atoms with E-state index in [1.54, 1.807) is 36.4 Å². The summed E-state index contributed by atoms with van der Waals surface area (Å²) in [6, 6.07) is 19.3. The maximum atomic E-state index is 13.1. The fourth-order valence-electron chi connectivity index (χ4n) is 4.30. The molecule has 0 saturated carbocycles. The molecule has 1 saturated heterocycles. The number of aromatic carboxylic acids is 1. The number of hydrogen-bond acceptors (Lipinski definition) is 6. The van der Waals surface area contributed by atoms with E-state index in [1.165, 1.54) is 12.1 Å². The Morgan fingerprint density at radius 1 is 0.946 bits per heavy atom. The Morgan fingerprint density at radius 3 is 2.43 bits per heavy atom. The second-order valence-electron chi connectivity index (χ2n) is 9.17. The predicted molar refractivity (Wildman–Crippen MR) is 147 cm³/mol. The van der Waals surface area contributed by atoms with Crippen molar-refractivity contribution in [3.05, 3.63) is 89.0 Å². The predicted octanol–water partition coefficient (Wildman–Crippen LogP) is 3.68. The van der Waals surface area contributed by atoms with Crippen molar-refractivity contribution in [3.63, 3.8) is 0 Å². The SMILES string of the molecule is CN1CCCN(c2ccc(C(=O)Nc3cc(C(=O)O)ccc3CNc3cccc(C(=N)N)c3)cc2)CC1. The maximum Gasteiger partial charge on any atom is 0.335 e. The smallest absolute Gasteiger partial charge is 0.335 e. The molecule has 37 heavy (non-hydrogen) atoms. The van der Waals surface area contributed by atoms with E-state index >= 15 is 0 Å². The van der Waals surface area contributed by atoms with Gasteiger partial charge in [0, 0.05) is 54.4 Å². The molecule has 6 N–H and O–H groups in total. The van der Waals surface area contributed by atoms with Crippen LogP contribution in [0.1, 0.15) is 38.3 Å². The average molecular weight is 501 g/mol. The molecular weight excluding hydrogens is 468 g/mol. The normalized spacial score (nSPS) is 14.0. The fourth-order valence-corrected chi connectivity index (χ4v) is 4.30. The molecule has 0 bridgehead atoms. The summed E-state index contributed by atoms with van der Waals surface area (Å²) in [4.78, 5) is 29.3. The van der Waals surface area contributed by atoms with Crippen LogP contribution in [0.3, 0.4) is 0 Å². The van der Waals surface area contributed by atoms with E-state index in [2.05, 4.69) is 27.5 Å². The molecule has 0 atom stereocenters. The second kappa shape index (κ2) is 11.6. The van der Waals surface area contributed by atoms with E-state index in [4.69, 9.17) is 11.1 Å². The minimum Gasteiger partial charge on any atom is -0.478 e. The minimum absolute atomic E-state index is 0.0309. The van der Waals surface area contributed by atoms with Gasteiger partial charge in [0.2, 0.25) is 0 Å². The monoisotopic (exact) mass is 500 g/mol. The fraction of sp³-hybridized carbons (Fsp3) is 0.250. The summed E-state index contributed by atoms with van der Waals surface area (Å²) in [7, 11) is 2.13. The maximum absolute atomic E-state index is 13.1. The third-order valence-corrected chi connectivity index (χ3v) is 6.48. The van der Waals surface area contributed by atoms with E-state index in [-0.39, 0.29) is 17.3 Å². The van der Waals surface area contributed by atoms with E-state index in [0.717, 1.165) is 49.5 Å². The van der Waals surface area contributed by atoms with Crippen molar-refractivity contribution in [1.29, 1.82) is 5.41 Å². The number of carbonyl (C=O) groups is 2. The van der Waals surface area contributed by atoms with Crippen LogP contribution in [0.5, 0.6) is 0 Å². The van der Waals surface area contributed by atoms with Crippen molar-refractivity contribution in [2.45, 2.75) is 13.0 Å². The van der Waals surface area contributed by atoms with Crippen molar-refractivity contribution in [2.24, 2.45) is 5.73 Å². The van der Waals surface area contributed by atoms with Gasteiger partial charge < -0.3 is 31.3 Å². The number of nitrogens with two attached hydrogens (primary N) is 1. The highest BCUT2D eigenvalue weighted by Gasteiger charge is 2.15. The highest BCUT2D eigenvalue weighted by Crippen LogP contribution is 2.23. The van der Waals surface area contributed by atoms with Crippen LogP contribution in [0, 0.1) is 5.41 Å². The Bertz CT molecular complexity index is 1290. The molecule has 192 valence electrons. The number of carboxylic acids is 1. The molecule has 9 nitrogen and oxygen atoms in total. The molecule has 1 amide bonds. The lowest BCUT2D eigenvalue weighted by atomic mass is 10.1. The molecular formula is C28H32N6O3. The first kappa shape index (κ1) is 25.7. The number of likely N-dealkylation sites (N-methyl/N-ethyl adjacent to an activating group) is 1. The second-order valence-corrected chi connectivity index (χ2v) is 9.17. The molecule has 0 unspecified atom stereocenters. The molecule has 9 heteroatoms. The van der Waals surface area contributed by atoms with Gasteiger partial charge in [-0.2, -0.15) is 0 Å². The number of carboxylic acid groups (broad SMARTS) is 1. The summed E-state index contributed by atoms with van der Waals surface area (Å²) < 4.78 is 0. The molecule has 0 aliphatic carbocycles. The average Bonchev–Trinajstić information content (AvgIpc) is 3.12. The van der Waals surface area contributed by atoms with Gasteiger partial charge in [0.05, 0.1) is 5.56 Å². The zero-order chi connectivity index (χ0) is 26.4. The summed E-state index contributed by atoms with van der Waals surface area (Å²) in [5, 5.41) is 23.2. The van der Waals surface area contributed by atoms with E-state index in [9.17, 15) is 14.7 Å². The molecule has 1 aliphatic heterocycles. The lowest BCUT2D eigenvalue weighted by Crippen LogP contribution is -2.28. The Hall–Kier alpha value is -4.37. The summed E-state index contributed by atoms with van der Waals surface area (Å²) in [6.45, 7) is 4.32. The van der Waals surface area contributed by atoms with Crippen molar-refractivity contribution >= 4 is 34.8 Å². The highest BCUT2D eigenvalue weighted by molar-refractivity contribution is 6.05. The van der Waals surface area contributed by atoms with Crippen molar-refractivity contribution < 1.29 is 14.7 Å². The summed E-state index contributed by atoms with van der Waals surface area (Å²) in [5.41, 5.74) is 9.72. The number of carbonyl (C=O) groups excluding carboxylic acids is 1. The molecule has 1 heterocycles. The highest BCUT2D eigenvalue weighted by atomic mass is 16.4. The first-order valence-corrected chi connectivity index (χ1v) is 12.2. The standard InChI is InChI=1S/C28H32N6O3/c1-33-12-3-13-34(15-14-33)24-10-8-19(9-11-24)27(35)32-25-17-21(28(36)37)6-7-22(25)18-31-23-5-2-4-20(16-23)26(29)30/h2,4-11,16-17,31H,3,12-15,18H2,1H3,(H3,29,30)(H,32,35)(H,36,37). The van der Waals surface area contributed by atoms with Crippen molar-refractivity contribution in [1.82, 2.24) is 4.90 Å². The number of hydrogen-bond donors (Lipinski definition) is 5. The largest absolute Gasteiger partial charge is 0.478 e. The van der Waals surface area contributed by atoms with Crippen LogP contribution in [0.4, 0.5) is 17.1 Å². The molecule has 1 fully saturated rings. The van der Waals surface area contributed by atoms with Crippen LogP contribution in [0.2, 0.25) is 0 Å². The molecule has 1 aliphatic rings. The summed E-state index contributed by atoms with van der Waals surface area (Å²) >= 11 is 0. The van der Waals surface area contributed by atoms with Gasteiger partial charge in [-0.25, -0.2) is 4.79 Å². The third kappa shape index (κ3) is 6.65. The number of nitrogens with one attached hydrogen (secondary N) is 3. The van der Waals surface area contributed by atoms with Crippen molar-refractivity contribution in [2.75, 3.05) is 48.8 Å². The first-order valence-electron chi connectivity index (χ1n) is 12.2. The van der Waals surface area contributed by atoms with Gasteiger partial charge in [-0.05, 0) is 74.1 Å². The lowest BCUT2D eigenvalue weighted by Gasteiger charge is -2.23. The van der Waals surface area contributed by atoms with Crippen molar-refractivity contribution in [3.8, 4) is 0 Å². The number of anilines is 3. The van der Waals surface area contributed by atoms with Gasteiger partial charge in [-0.15, -0.1) is 0 Å². The van der Waals surface area contributed by atoms with Crippen LogP contribution in [-0.2, 0) is 6.54 Å². The number of amidine groups is 1. The van der Waals surface area contributed by atoms with E-state index in [1.807, 2.05) is 18.2 Å². The van der Waals surface area contributed by atoms with E-state index < -0.39 is 5.97 Å². The first-order chi connectivity index (χ1) is 17.8. The molecule has 3 aromatic rings. The molecule has 4 rings (SSSR count). The van der Waals surface area contributed by atoms with Gasteiger partial charge in [0.25, 0.3) is 5.91 Å². The number of rotatable bonds is 8. The third-order valence-electron chi connectivity index (χ3n) is 6.48. The number of nitrogens with zero attached hydrogens (tertiary/aromatic N) is 2. The van der Waals surface area contributed by atoms with Crippen LogP contribution in [-0.4, -0.2) is 60.9 Å². The molecule has 0 radical (unpaired) electrons. The van der Waals surface area contributed by atoms with Gasteiger partial charge >= 0.3 is 5.97 Å². The molecule has 0 spiro atoms. The Morgan fingerprint density at radius 2 is 1.70 bits per heavy atom. The number of amides is 1. The molecule has 0 aromatic heterocycles. The number of nitrogen functional groups attached to an aromatic ring is 1. The Balaban J connectivity index is 1.49. The van der Waals surface area contributed by atoms with Gasteiger partial charge in [0.15, 0.2) is 0 Å². The van der Waals surface area contributed by atoms with Gasteiger partial charge in [-0.1, -0.05) is 18.2 Å². The summed E-state index contributed by atoms with van der Waals surface area (Å²) in [6.07, 6.45) is 1.09. The topological polar surface area (TPSA) is 135 Å². The Labute approximate surface area is 216 Å². The van der Waals surface area contributed by atoms with Crippen LogP contribution >= 0.6 is 0 Å². The van der Waals surface area contributed by atoms with E-state index in [0.29, 0.717) is 23.4 Å². The zero-order valence-corrected chi connectivity index (χ0v) is 20.8. The van der Waals surface area contributed by atoms with Crippen LogP contribution < -0.4 is 21.3 Å². The van der Waals surface area contributed by atoms with Crippen LogP contribution in [0.25, 0.3) is 0 Å². The van der Waals surface area contributed by atoms with Crippen LogP contribution in [0.15, 0.2) is 66.7 Å². The molecule has 3 aromatic carbocycles. The quantitative estimate of drug-likeness (QED) is 0.235. The van der Waals surface area contributed by atoms with Gasteiger partial charge in [0.1, 0.15) is 5.84 Å². The minimum atomic E-state index is -1.07. The number of benzene rings is 3. The lowest BCUT2D eigenvalue weighted by molar-refractivity contribution is 0.0696. The van der Waals surface area contributed by atoms with Gasteiger partial charge in [-0.3, -0.25) is 10.2 Å². The zero-order valence-electron chi connectivity index (χ0n) is 20.8. The summed E-state index contributed by atoms with van der Waals surface area (Å²) in [5.74, 6) is -1.42.